The highest BCUT2D eigenvalue weighted by Crippen LogP contribution is 2.44. The molecule has 1 aliphatic rings. The van der Waals surface area contributed by atoms with Gasteiger partial charge in [-0.25, -0.2) is 17.5 Å². The van der Waals surface area contributed by atoms with E-state index in [0.29, 0.717) is 0 Å². The summed E-state index contributed by atoms with van der Waals surface area (Å²) in [5.74, 6) is 0. The van der Waals surface area contributed by atoms with Crippen LogP contribution < -0.4 is 4.72 Å². The van der Waals surface area contributed by atoms with E-state index in [1.807, 2.05) is 0 Å². The van der Waals surface area contributed by atoms with Crippen molar-refractivity contribution in [1.29, 1.82) is 0 Å². The first-order valence-corrected chi connectivity index (χ1v) is 5.37. The molecular formula is C7H14FNO2S. The molecule has 0 unspecified atom stereocenters. The van der Waals surface area contributed by atoms with Gasteiger partial charge in [0, 0.05) is 18.4 Å². The van der Waals surface area contributed by atoms with Gasteiger partial charge in [-0.1, -0.05) is 0 Å². The lowest BCUT2D eigenvalue weighted by molar-refractivity contribution is 0.384. The Hall–Kier alpha value is -0.160. The Morgan fingerprint density at radius 1 is 1.33 bits per heavy atom. The topological polar surface area (TPSA) is 46.2 Å². The normalized spacial score (nSPS) is 22.3. The van der Waals surface area contributed by atoms with E-state index in [9.17, 15) is 12.8 Å². The maximum absolute atomic E-state index is 13.2. The molecule has 0 atom stereocenters. The zero-order chi connectivity index (χ0) is 9.62. The van der Waals surface area contributed by atoms with Gasteiger partial charge in [0.1, 0.15) is 0 Å². The van der Waals surface area contributed by atoms with E-state index in [4.69, 9.17) is 0 Å². The van der Waals surface area contributed by atoms with Gasteiger partial charge in [-0.3, -0.25) is 0 Å². The summed E-state index contributed by atoms with van der Waals surface area (Å²) in [6.07, 6.45) is 0.247. The first kappa shape index (κ1) is 9.92. The summed E-state index contributed by atoms with van der Waals surface area (Å²) in [7, 11) is -3.76. The van der Waals surface area contributed by atoms with E-state index < -0.39 is 20.6 Å². The molecule has 0 radical (unpaired) electrons. The van der Waals surface area contributed by atoms with Gasteiger partial charge in [0.15, 0.2) is 0 Å². The third-order valence-corrected chi connectivity index (χ3v) is 3.82. The fourth-order valence-corrected chi connectivity index (χ4v) is 2.49. The molecule has 0 heterocycles. The number of sulfonamides is 1. The maximum atomic E-state index is 13.2. The predicted octanol–water partition coefficient (Wildman–Crippen LogP) is 1.16. The van der Waals surface area contributed by atoms with Crippen LogP contribution in [0, 0.1) is 0 Å². The molecule has 3 nitrogen and oxygen atoms in total. The van der Waals surface area contributed by atoms with Crippen LogP contribution in [0.5, 0.6) is 0 Å². The number of halogens is 1. The van der Waals surface area contributed by atoms with Gasteiger partial charge in [0.2, 0.25) is 15.0 Å². The average Bonchev–Trinajstić information content (AvgIpc) is 2.40. The summed E-state index contributed by atoms with van der Waals surface area (Å²) in [6.45, 7) is 5.07. The molecule has 0 aromatic rings. The van der Waals surface area contributed by atoms with Crippen molar-refractivity contribution in [2.45, 2.75) is 44.2 Å². The van der Waals surface area contributed by atoms with Crippen LogP contribution in [-0.2, 0) is 10.0 Å². The zero-order valence-corrected chi connectivity index (χ0v) is 8.33. The molecule has 0 amide bonds. The van der Waals surface area contributed by atoms with Gasteiger partial charge >= 0.3 is 0 Å². The highest BCUT2D eigenvalue weighted by Gasteiger charge is 2.56. The third kappa shape index (κ3) is 1.95. The molecule has 5 heteroatoms. The SMILES string of the molecule is CC(C)(C)NS(=O)(=O)C1(F)CC1. The van der Waals surface area contributed by atoms with E-state index in [0.717, 1.165) is 0 Å². The fourth-order valence-electron chi connectivity index (χ4n) is 0.862. The predicted molar refractivity (Wildman–Crippen MR) is 44.9 cm³/mol. The Balaban J connectivity index is 2.75. The van der Waals surface area contributed by atoms with Crippen molar-refractivity contribution in [1.82, 2.24) is 4.72 Å². The number of alkyl halides is 1. The van der Waals surface area contributed by atoms with E-state index in [2.05, 4.69) is 4.72 Å². The minimum atomic E-state index is -3.76. The van der Waals surface area contributed by atoms with Crippen LogP contribution in [0.2, 0.25) is 0 Å². The average molecular weight is 195 g/mol. The summed E-state index contributed by atoms with van der Waals surface area (Å²) < 4.78 is 37.9. The summed E-state index contributed by atoms with van der Waals surface area (Å²) in [6, 6.07) is 0. The van der Waals surface area contributed by atoms with Crippen molar-refractivity contribution in [3.05, 3.63) is 0 Å². The van der Waals surface area contributed by atoms with Crippen LogP contribution in [0.1, 0.15) is 33.6 Å². The Kier molecular flexibility index (Phi) is 2.00. The third-order valence-electron chi connectivity index (χ3n) is 1.57. The Labute approximate surface area is 72.4 Å². The van der Waals surface area contributed by atoms with E-state index in [1.165, 1.54) is 0 Å². The second kappa shape index (κ2) is 2.42. The lowest BCUT2D eigenvalue weighted by Gasteiger charge is -2.21. The van der Waals surface area contributed by atoms with Gasteiger partial charge in [0.25, 0.3) is 0 Å². The molecule has 1 fully saturated rings. The van der Waals surface area contributed by atoms with Crippen molar-refractivity contribution < 1.29 is 12.8 Å². The van der Waals surface area contributed by atoms with Crippen molar-refractivity contribution >= 4 is 10.0 Å². The fraction of sp³-hybridized carbons (Fsp3) is 1.00. The van der Waals surface area contributed by atoms with Gasteiger partial charge < -0.3 is 0 Å². The molecule has 1 rings (SSSR count). The zero-order valence-electron chi connectivity index (χ0n) is 7.52. The minimum Gasteiger partial charge on any atom is -0.225 e. The molecule has 0 saturated heterocycles. The van der Waals surface area contributed by atoms with Crippen LogP contribution in [0.25, 0.3) is 0 Å². The summed E-state index contributed by atoms with van der Waals surface area (Å²) in [4.78, 5) is 0. The molecular weight excluding hydrogens is 181 g/mol. The first-order chi connectivity index (χ1) is 5.16. The largest absolute Gasteiger partial charge is 0.247 e. The molecule has 0 spiro atoms. The van der Waals surface area contributed by atoms with Crippen LogP contribution in [0.4, 0.5) is 4.39 Å². The Morgan fingerprint density at radius 3 is 2.00 bits per heavy atom. The molecule has 12 heavy (non-hydrogen) atoms. The molecule has 0 aliphatic heterocycles. The van der Waals surface area contributed by atoms with Crippen LogP contribution in [0.3, 0.4) is 0 Å². The molecule has 1 saturated carbocycles. The van der Waals surface area contributed by atoms with Gasteiger partial charge in [-0.05, 0) is 20.8 Å². The van der Waals surface area contributed by atoms with E-state index >= 15 is 0 Å². The Morgan fingerprint density at radius 2 is 1.75 bits per heavy atom. The molecule has 0 aromatic carbocycles. The molecule has 0 bridgehead atoms. The standard InChI is InChI=1S/C7H14FNO2S/c1-6(2,3)9-12(10,11)7(8)4-5-7/h9H,4-5H2,1-3H3. The van der Waals surface area contributed by atoms with Crippen molar-refractivity contribution in [3.8, 4) is 0 Å². The molecule has 0 aromatic heterocycles. The van der Waals surface area contributed by atoms with E-state index in [1.54, 1.807) is 20.8 Å². The maximum Gasteiger partial charge on any atom is 0.247 e. The summed E-state index contributed by atoms with van der Waals surface area (Å²) in [5, 5.41) is -1.99. The number of rotatable bonds is 2. The van der Waals surface area contributed by atoms with Crippen LogP contribution >= 0.6 is 0 Å². The van der Waals surface area contributed by atoms with Gasteiger partial charge in [-0.2, -0.15) is 0 Å². The second-order valence-corrected chi connectivity index (χ2v) is 6.18. The molecule has 1 N–H and O–H groups in total. The number of hydrogen-bond acceptors (Lipinski definition) is 2. The second-order valence-electron chi connectivity index (χ2n) is 4.24. The van der Waals surface area contributed by atoms with E-state index in [-0.39, 0.29) is 12.8 Å². The smallest absolute Gasteiger partial charge is 0.225 e. The minimum absolute atomic E-state index is 0.123. The highest BCUT2D eigenvalue weighted by atomic mass is 32.2. The van der Waals surface area contributed by atoms with Gasteiger partial charge in [-0.15, -0.1) is 0 Å². The monoisotopic (exact) mass is 195 g/mol. The quantitative estimate of drug-likeness (QED) is 0.718. The Bertz CT molecular complexity index is 274. The summed E-state index contributed by atoms with van der Waals surface area (Å²) in [5.41, 5.74) is -0.597. The number of hydrogen-bond donors (Lipinski definition) is 1. The van der Waals surface area contributed by atoms with Crippen LogP contribution in [-0.4, -0.2) is 19.0 Å². The molecule has 1 aliphatic carbocycles. The summed E-state index contributed by atoms with van der Waals surface area (Å²) >= 11 is 0. The first-order valence-electron chi connectivity index (χ1n) is 3.89. The molecule has 72 valence electrons. The highest BCUT2D eigenvalue weighted by molar-refractivity contribution is 7.91. The number of nitrogens with one attached hydrogen (secondary N) is 1. The van der Waals surface area contributed by atoms with Crippen molar-refractivity contribution in [3.63, 3.8) is 0 Å². The van der Waals surface area contributed by atoms with Crippen LogP contribution in [0.15, 0.2) is 0 Å². The van der Waals surface area contributed by atoms with Crippen molar-refractivity contribution in [2.24, 2.45) is 0 Å². The van der Waals surface area contributed by atoms with Crippen molar-refractivity contribution in [2.75, 3.05) is 0 Å². The van der Waals surface area contributed by atoms with Gasteiger partial charge in [0.05, 0.1) is 0 Å². The lowest BCUT2D eigenvalue weighted by atomic mass is 10.1. The lowest BCUT2D eigenvalue weighted by Crippen LogP contribution is -2.45.